The van der Waals surface area contributed by atoms with Gasteiger partial charge in [0.05, 0.1) is 16.2 Å². The van der Waals surface area contributed by atoms with E-state index in [1.54, 1.807) is 25.1 Å². The van der Waals surface area contributed by atoms with E-state index in [1.807, 2.05) is 13.8 Å². The van der Waals surface area contributed by atoms with Crippen molar-refractivity contribution < 1.29 is 18.9 Å². The maximum Gasteiger partial charge on any atom is 0.492 e. The van der Waals surface area contributed by atoms with E-state index in [0.717, 1.165) is 5.56 Å². The summed E-state index contributed by atoms with van der Waals surface area (Å²) >= 11 is 5.96. The highest BCUT2D eigenvalue weighted by Crippen LogP contribution is 2.31. The van der Waals surface area contributed by atoms with Crippen LogP contribution in [0.25, 0.3) is 0 Å². The van der Waals surface area contributed by atoms with Gasteiger partial charge in [-0.3, -0.25) is 4.79 Å². The van der Waals surface area contributed by atoms with Gasteiger partial charge in [-0.1, -0.05) is 23.7 Å². The quantitative estimate of drug-likeness (QED) is 0.821. The average Bonchev–Trinajstić information content (AvgIpc) is 2.73. The summed E-state index contributed by atoms with van der Waals surface area (Å²) in [6, 6.07) is 8.07. The lowest BCUT2D eigenvalue weighted by atomic mass is 9.78. The minimum atomic E-state index is -1.06. The summed E-state index contributed by atoms with van der Waals surface area (Å²) in [6.45, 7) is 5.26. The van der Waals surface area contributed by atoms with Gasteiger partial charge in [0.2, 0.25) is 0 Å². The molecule has 0 unspecified atom stereocenters. The molecule has 1 heterocycles. The van der Waals surface area contributed by atoms with E-state index in [9.17, 15) is 14.2 Å². The van der Waals surface area contributed by atoms with E-state index in [2.05, 4.69) is 5.32 Å². The molecule has 0 bridgehead atoms. The van der Waals surface area contributed by atoms with Gasteiger partial charge >= 0.3 is 7.12 Å². The van der Waals surface area contributed by atoms with Crippen molar-refractivity contribution >= 4 is 35.8 Å². The lowest BCUT2D eigenvalue weighted by Gasteiger charge is -2.19. The first kappa shape index (κ1) is 17.0. The van der Waals surface area contributed by atoms with Crippen molar-refractivity contribution in [1.29, 1.82) is 0 Å². The lowest BCUT2D eigenvalue weighted by molar-refractivity contribution is 0.100. The molecule has 24 heavy (non-hydrogen) atoms. The number of amides is 1. The van der Waals surface area contributed by atoms with E-state index in [4.69, 9.17) is 16.3 Å². The van der Waals surface area contributed by atoms with Crippen LogP contribution in [0.5, 0.6) is 0 Å². The van der Waals surface area contributed by atoms with Crippen molar-refractivity contribution in [2.45, 2.75) is 26.4 Å². The van der Waals surface area contributed by atoms with Crippen LogP contribution in [0, 0.1) is 12.7 Å². The second-order valence-corrected chi connectivity index (χ2v) is 6.70. The number of anilines is 1. The molecule has 0 saturated carbocycles. The molecule has 2 aromatic carbocycles. The lowest BCUT2D eigenvalue weighted by Crippen LogP contribution is -2.29. The van der Waals surface area contributed by atoms with Crippen molar-refractivity contribution in [3.8, 4) is 0 Å². The van der Waals surface area contributed by atoms with Crippen LogP contribution < -0.4 is 10.8 Å². The number of rotatable bonds is 2. The molecule has 4 nitrogen and oxygen atoms in total. The minimum Gasteiger partial charge on any atom is -0.423 e. The van der Waals surface area contributed by atoms with Gasteiger partial charge in [-0.15, -0.1) is 0 Å². The fourth-order valence-electron chi connectivity index (χ4n) is 2.86. The molecule has 124 valence electrons. The average molecular weight is 348 g/mol. The Hall–Kier alpha value is -1.89. The topological polar surface area (TPSA) is 58.6 Å². The zero-order chi connectivity index (χ0) is 17.6. The Morgan fingerprint density at radius 3 is 2.75 bits per heavy atom. The number of fused-ring (bicyclic) bond motifs is 1. The van der Waals surface area contributed by atoms with Gasteiger partial charge in [0.1, 0.15) is 5.82 Å². The second-order valence-electron chi connectivity index (χ2n) is 6.29. The molecule has 1 amide bonds. The molecule has 0 atom stereocenters. The van der Waals surface area contributed by atoms with Gasteiger partial charge in [0, 0.05) is 5.69 Å². The number of hydrogen-bond acceptors (Lipinski definition) is 3. The molecule has 2 aromatic rings. The second kappa shape index (κ2) is 5.88. The van der Waals surface area contributed by atoms with Crippen molar-refractivity contribution in [3.05, 3.63) is 57.9 Å². The maximum atomic E-state index is 14.2. The van der Waals surface area contributed by atoms with Crippen LogP contribution in [-0.2, 0) is 10.3 Å². The first-order valence-electron chi connectivity index (χ1n) is 7.47. The summed E-state index contributed by atoms with van der Waals surface area (Å²) in [6.07, 6.45) is 0. The Kier molecular flexibility index (Phi) is 4.15. The van der Waals surface area contributed by atoms with E-state index in [0.29, 0.717) is 16.7 Å². The van der Waals surface area contributed by atoms with Crippen molar-refractivity contribution in [2.75, 3.05) is 5.32 Å². The van der Waals surface area contributed by atoms with Crippen LogP contribution in [0.4, 0.5) is 10.1 Å². The summed E-state index contributed by atoms with van der Waals surface area (Å²) in [5, 5.41) is 12.7. The molecule has 0 fully saturated rings. The molecule has 0 radical (unpaired) electrons. The predicted octanol–water partition coefficient (Wildman–Crippen LogP) is 2.99. The third-order valence-electron chi connectivity index (χ3n) is 4.14. The number of aryl methyl sites for hydroxylation is 1. The van der Waals surface area contributed by atoms with E-state index in [-0.39, 0.29) is 10.6 Å². The molecule has 2 N–H and O–H groups in total. The number of halogens is 2. The Balaban J connectivity index is 1.92. The summed E-state index contributed by atoms with van der Waals surface area (Å²) in [7, 11) is -1.06. The Morgan fingerprint density at radius 1 is 1.33 bits per heavy atom. The van der Waals surface area contributed by atoms with Gasteiger partial charge in [-0.05, 0) is 55.6 Å². The van der Waals surface area contributed by atoms with Crippen LogP contribution in [0.3, 0.4) is 0 Å². The van der Waals surface area contributed by atoms with Gasteiger partial charge < -0.3 is 15.0 Å². The van der Waals surface area contributed by atoms with E-state index < -0.39 is 24.4 Å². The maximum absolute atomic E-state index is 14.2. The summed E-state index contributed by atoms with van der Waals surface area (Å²) in [4.78, 5) is 12.4. The van der Waals surface area contributed by atoms with Gasteiger partial charge in [-0.25, -0.2) is 4.39 Å². The number of hydrogen-bond donors (Lipinski definition) is 2. The zero-order valence-corrected chi connectivity index (χ0v) is 14.2. The summed E-state index contributed by atoms with van der Waals surface area (Å²) < 4.78 is 19.7. The number of nitrogens with one attached hydrogen (secondary N) is 1. The first-order valence-corrected chi connectivity index (χ1v) is 7.85. The molecule has 7 heteroatoms. The molecule has 1 aliphatic heterocycles. The highest BCUT2D eigenvalue weighted by atomic mass is 35.5. The van der Waals surface area contributed by atoms with Gasteiger partial charge in [0.15, 0.2) is 0 Å². The normalized spacial score (nSPS) is 15.3. The molecular weight excluding hydrogens is 331 g/mol. The molecule has 0 spiro atoms. The third-order valence-corrected chi connectivity index (χ3v) is 4.46. The van der Waals surface area contributed by atoms with Gasteiger partial charge in [-0.2, -0.15) is 0 Å². The molecule has 0 aliphatic carbocycles. The zero-order valence-electron chi connectivity index (χ0n) is 13.5. The molecular formula is C17H16BClFNO3. The Morgan fingerprint density at radius 2 is 2.04 bits per heavy atom. The fraction of sp³-hybridized carbons (Fsp3) is 0.235. The highest BCUT2D eigenvalue weighted by Gasteiger charge is 2.40. The highest BCUT2D eigenvalue weighted by molar-refractivity contribution is 6.62. The van der Waals surface area contributed by atoms with Crippen molar-refractivity contribution in [3.63, 3.8) is 0 Å². The van der Waals surface area contributed by atoms with Crippen LogP contribution in [0.15, 0.2) is 30.3 Å². The van der Waals surface area contributed by atoms with E-state index >= 15 is 0 Å². The number of benzene rings is 2. The first-order chi connectivity index (χ1) is 11.2. The monoisotopic (exact) mass is 347 g/mol. The van der Waals surface area contributed by atoms with Crippen LogP contribution in [0.2, 0.25) is 5.02 Å². The van der Waals surface area contributed by atoms with Crippen molar-refractivity contribution in [2.24, 2.45) is 0 Å². The molecule has 0 saturated heterocycles. The predicted molar refractivity (Wildman–Crippen MR) is 92.3 cm³/mol. The molecule has 0 aromatic heterocycles. The standard InChI is InChI=1S/C17H16BClFNO3/c1-9-4-7-13(19)14(15(9)20)16(22)21-10-5-6-11-12(8-10)18(23)24-17(11,2)3/h4-8,23H,1-3H3,(H,21,22). The Labute approximate surface area is 144 Å². The smallest absolute Gasteiger partial charge is 0.423 e. The SMILES string of the molecule is Cc1ccc(Cl)c(C(=O)Nc2ccc3c(c2)B(O)OC3(C)C)c1F. The number of carbonyl (C=O) groups excluding carboxylic acids is 1. The summed E-state index contributed by atoms with van der Waals surface area (Å²) in [5.74, 6) is -1.29. The fourth-order valence-corrected chi connectivity index (χ4v) is 3.09. The van der Waals surface area contributed by atoms with Crippen LogP contribution in [0.1, 0.15) is 35.3 Å². The molecule has 1 aliphatic rings. The minimum absolute atomic E-state index is 0.0428. The number of carbonyl (C=O) groups is 1. The third kappa shape index (κ3) is 2.81. The van der Waals surface area contributed by atoms with E-state index in [1.165, 1.54) is 12.1 Å². The van der Waals surface area contributed by atoms with Gasteiger partial charge in [0.25, 0.3) is 5.91 Å². The Bertz CT molecular complexity index is 841. The van der Waals surface area contributed by atoms with Crippen LogP contribution in [-0.4, -0.2) is 18.0 Å². The molecule has 3 rings (SSSR count). The van der Waals surface area contributed by atoms with Crippen LogP contribution >= 0.6 is 11.6 Å². The summed E-state index contributed by atoms with van der Waals surface area (Å²) in [5.41, 5.74) is 1.37. The van der Waals surface area contributed by atoms with Crippen molar-refractivity contribution in [1.82, 2.24) is 0 Å². The largest absolute Gasteiger partial charge is 0.492 e.